The van der Waals surface area contributed by atoms with Gasteiger partial charge in [0.1, 0.15) is 28.7 Å². The number of aromatic hydroxyl groups is 1. The fraction of sp³-hybridized carbons (Fsp3) is 0.437. The molecule has 5 aliphatic rings. The number of carbonyl (C=O) groups is 1. The number of alkyl halides is 4. The van der Waals surface area contributed by atoms with E-state index >= 15 is 0 Å². The molecule has 11 aromatic carbocycles. The lowest BCUT2D eigenvalue weighted by Crippen LogP contribution is -2.45. The Hall–Kier alpha value is -9.88. The third-order valence-electron chi connectivity index (χ3n) is 28.9. The summed E-state index contributed by atoms with van der Waals surface area (Å²) >= 11 is 0. The fourth-order valence-electron chi connectivity index (χ4n) is 19.2. The molecule has 758 valence electrons. The summed E-state index contributed by atoms with van der Waals surface area (Å²) in [5.74, 6) is 6.63. The van der Waals surface area contributed by atoms with Crippen LogP contribution in [0.25, 0.3) is 25.1 Å². The average Bonchev–Trinajstić information content (AvgIpc) is 1.60. The van der Waals surface area contributed by atoms with Crippen molar-refractivity contribution in [2.24, 2.45) is 40.9 Å². The molecule has 5 aliphatic carbocycles. The summed E-state index contributed by atoms with van der Waals surface area (Å²) in [4.78, 5) is 16.5. The maximum Gasteiger partial charge on any atom is 0.429 e. The first kappa shape index (κ1) is 111. The van der Waals surface area contributed by atoms with E-state index in [1.54, 1.807) is 36.4 Å². The van der Waals surface area contributed by atoms with Crippen LogP contribution in [-0.2, 0) is 45.4 Å². The Labute approximate surface area is 842 Å². The first-order valence-electron chi connectivity index (χ1n) is 50.7. The highest BCUT2D eigenvalue weighted by Gasteiger charge is 2.56. The predicted octanol–water partition coefficient (Wildman–Crippen LogP) is 32.3. The molecular weight excluding hydrogens is 1860 g/mol. The number of halogens is 4. The molecule has 17 rings (SSSR count). The predicted molar refractivity (Wildman–Crippen MR) is 564 cm³/mol. The summed E-state index contributed by atoms with van der Waals surface area (Å²) in [5, 5.41) is 2.22. The van der Waals surface area contributed by atoms with Crippen molar-refractivity contribution in [1.82, 2.24) is 0 Å². The van der Waals surface area contributed by atoms with Crippen LogP contribution in [0.2, 0.25) is 0 Å². The Morgan fingerprint density at radius 2 is 0.837 bits per heavy atom. The molecule has 0 amide bonds. The molecule has 0 spiro atoms. The van der Waals surface area contributed by atoms with Gasteiger partial charge in [-0.25, -0.2) is 21.6 Å². The Bertz CT molecular complexity index is 5830. The van der Waals surface area contributed by atoms with Crippen LogP contribution in [0.5, 0.6) is 28.7 Å². The topological polar surface area (TPSA) is 207 Å². The number of ether oxygens (including phenoxy) is 6. The number of thiophene rings is 1. The standard InChI is InChI=1S/C26H38O2.C22H36O2.C18H13S.C18H15S.C13H18F2O4S.C12H14F2O5S.C10H14O/c1-4-17(2)20-8-11-23(12-9-20)27-25(26(3)16-19-6-10-22(26)14-19)28-24-15-18-5-7-21(24)13-18;1-5-18(4)20-11-13-21(14-12-20)24-22(17(2)3)23-16-15-19-9-7-6-8-10-19;1-2-8-14(9-3-1)19-17-12-6-4-10-15(17)16-11-5-7-13-18(16)19;1-4-10-16(11-5-1)19(17-12-6-2-7-13-17)18-14-8-3-9-15-18;1-4-9(2)11-5-7-12(8-6-11)19-10(3)13(14,15)20(16,17)18;1-3-8(2)9-4-6-10(7-5-9)19-11(15)12(13,14)20(16,17)18;1-3-8(2)9-4-6-10(11)7-5-9/h8-9,11-12,17-19,21-22,24-25H,4-7,10,13-16H2,1-3H3;11-14,17-19,22H,5-10,15-16H2,1-4H3;1-13H;1-15H;5-10H,4H2,1-3H3,(H,16,17,18);4-8H,3H2,1-2H3,(H,16,17,18);4-8,11H,3H2,1-2H3/q;;2*+1;;;/p-2. The molecule has 4 bridgehead atoms. The van der Waals surface area contributed by atoms with Crippen molar-refractivity contribution in [2.45, 2.75) is 299 Å². The molecule has 14 nitrogen and oxygen atoms in total. The van der Waals surface area contributed by atoms with Gasteiger partial charge in [-0.2, -0.15) is 17.6 Å². The smallest absolute Gasteiger partial charge is 0.429 e. The van der Waals surface area contributed by atoms with E-state index in [-0.39, 0.29) is 56.8 Å². The van der Waals surface area contributed by atoms with E-state index < -0.39 is 42.8 Å². The molecule has 14 atom stereocenters. The van der Waals surface area contributed by atoms with Crippen molar-refractivity contribution in [3.63, 3.8) is 0 Å². The first-order chi connectivity index (χ1) is 67.5. The zero-order chi connectivity index (χ0) is 102. The quantitative estimate of drug-likeness (QED) is 0.0101. The molecule has 14 unspecified atom stereocenters. The van der Waals surface area contributed by atoms with Crippen molar-refractivity contribution in [1.29, 1.82) is 0 Å². The summed E-state index contributed by atoms with van der Waals surface area (Å²) in [6.07, 6.45) is 22.5. The van der Waals surface area contributed by atoms with Crippen LogP contribution in [0, 0.1) is 40.9 Å². The second-order valence-electron chi connectivity index (χ2n) is 39.2. The second kappa shape index (κ2) is 53.1. The van der Waals surface area contributed by atoms with E-state index in [9.17, 15) is 48.3 Å². The summed E-state index contributed by atoms with van der Waals surface area (Å²) < 4.78 is 152. The molecule has 0 aliphatic heterocycles. The van der Waals surface area contributed by atoms with Gasteiger partial charge in [-0.15, -0.1) is 0 Å². The molecule has 5 saturated carbocycles. The van der Waals surface area contributed by atoms with Gasteiger partial charge in [-0.1, -0.05) is 286 Å². The minimum Gasteiger partial charge on any atom is -0.743 e. The maximum atomic E-state index is 13.2. The number of phenols is 1. The number of carbonyl (C=O) groups excluding carboxylic acids is 1. The average molecular weight is 2000 g/mol. The highest BCUT2D eigenvalue weighted by atomic mass is 32.2. The number of phenolic OH excluding ortho intramolecular Hbond substituents is 1. The lowest BCUT2D eigenvalue weighted by Gasteiger charge is -2.42. The van der Waals surface area contributed by atoms with Crippen LogP contribution in [0.1, 0.15) is 276 Å². The van der Waals surface area contributed by atoms with Gasteiger partial charge in [0.2, 0.25) is 12.6 Å². The van der Waals surface area contributed by atoms with Gasteiger partial charge in [0.25, 0.3) is 0 Å². The zero-order valence-electron chi connectivity index (χ0n) is 84.4. The van der Waals surface area contributed by atoms with E-state index in [0.717, 1.165) is 85.0 Å². The molecule has 22 heteroatoms. The van der Waals surface area contributed by atoms with Crippen LogP contribution >= 0.6 is 10.5 Å². The number of hydrogen-bond acceptors (Lipinski definition) is 14. The highest BCUT2D eigenvalue weighted by molar-refractivity contribution is 7.97. The van der Waals surface area contributed by atoms with Gasteiger partial charge >= 0.3 is 16.5 Å². The molecule has 5 fully saturated rings. The van der Waals surface area contributed by atoms with Crippen molar-refractivity contribution in [3.05, 3.63) is 319 Å². The third kappa shape index (κ3) is 30.9. The summed E-state index contributed by atoms with van der Waals surface area (Å²) in [6.45, 7) is 29.8. The summed E-state index contributed by atoms with van der Waals surface area (Å²) in [5.41, 5.74) is 6.20. The highest BCUT2D eigenvalue weighted by Crippen LogP contribution is 2.60. The van der Waals surface area contributed by atoms with E-state index in [1.165, 1.54) is 183 Å². The Kier molecular flexibility index (Phi) is 42.0. The van der Waals surface area contributed by atoms with Gasteiger partial charge in [0.15, 0.2) is 55.3 Å². The number of benzene rings is 11. The zero-order valence-corrected chi connectivity index (χ0v) is 87.7. The second-order valence-corrected chi connectivity index (χ2v) is 46.0. The van der Waals surface area contributed by atoms with Gasteiger partial charge in [-0.05, 0) is 311 Å². The van der Waals surface area contributed by atoms with E-state index in [2.05, 4.69) is 285 Å². The SMILES string of the molecule is CCC(C)c1ccc(O)cc1.CCC(C)c1ccc(OC(=O)C(F)(F)S(=O)(=O)[O-])cc1.CCC(C)c1ccc(OC(C)C(F)(F)S(=O)(=O)[O-])cc1.CCC(C)c1ccc(OC(OC2CC3CCC2C3)C2(C)CC3CCC2C3)cc1.CCC(C)c1ccc(OC(OCCC2CCCCC2)C(C)C)cc1.c1ccc(-[s+]2c3ccccc3c3ccccc32)cc1.c1ccc([S+](c2ccccc2)c2ccccc2)cc1. The van der Waals surface area contributed by atoms with Crippen LogP contribution in [0.15, 0.2) is 306 Å². The monoisotopic (exact) mass is 2000 g/mol. The normalized spacial score (nSPS) is 19.4. The van der Waals surface area contributed by atoms with E-state index in [4.69, 9.17) is 28.8 Å². The Morgan fingerprint density at radius 3 is 1.21 bits per heavy atom. The van der Waals surface area contributed by atoms with Crippen LogP contribution in [-0.4, -0.2) is 78.9 Å². The van der Waals surface area contributed by atoms with Crippen LogP contribution in [0.4, 0.5) is 17.6 Å². The number of rotatable bonds is 33. The first-order valence-corrected chi connectivity index (χ1v) is 56.0. The van der Waals surface area contributed by atoms with Crippen LogP contribution < -0.4 is 18.9 Å². The van der Waals surface area contributed by atoms with Crippen molar-refractivity contribution in [3.8, 4) is 33.6 Å². The molecule has 12 aromatic rings. The number of fused-ring (bicyclic) bond motifs is 7. The third-order valence-corrected chi connectivity index (χ3v) is 35.3. The minimum atomic E-state index is -6.11. The van der Waals surface area contributed by atoms with E-state index in [1.807, 2.05) is 39.8 Å². The Morgan fingerprint density at radius 1 is 0.447 bits per heavy atom. The van der Waals surface area contributed by atoms with Crippen molar-refractivity contribution in [2.75, 3.05) is 6.61 Å². The van der Waals surface area contributed by atoms with Gasteiger partial charge < -0.3 is 42.6 Å². The molecule has 0 radical (unpaired) electrons. The van der Waals surface area contributed by atoms with Crippen LogP contribution in [0.3, 0.4) is 0 Å². The molecule has 0 saturated heterocycles. The van der Waals surface area contributed by atoms with Crippen molar-refractivity contribution >= 4 is 67.7 Å². The summed E-state index contributed by atoms with van der Waals surface area (Å²) in [7, 11) is -11.8. The Balaban J connectivity index is 0.000000159. The maximum absolute atomic E-state index is 13.2. The largest absolute Gasteiger partial charge is 0.743 e. The van der Waals surface area contributed by atoms with Gasteiger partial charge in [0, 0.05) is 32.6 Å². The van der Waals surface area contributed by atoms with Crippen molar-refractivity contribution < 1.29 is 81.8 Å². The molecule has 1 aromatic heterocycles. The number of hydrogen-bond donors (Lipinski definition) is 1. The minimum absolute atomic E-state index is 0.0146. The van der Waals surface area contributed by atoms with Gasteiger partial charge in [-0.3, -0.25) is 0 Å². The fourth-order valence-corrected chi connectivity index (χ4v) is 24.4. The van der Waals surface area contributed by atoms with Gasteiger partial charge in [0.05, 0.1) is 23.6 Å². The molecule has 1 N–H and O–H groups in total. The molecule has 141 heavy (non-hydrogen) atoms. The molecular formula is C119H146F4O14S4. The lowest BCUT2D eigenvalue weighted by atomic mass is 9.74. The number of esters is 1. The lowest BCUT2D eigenvalue weighted by molar-refractivity contribution is -0.204. The van der Waals surface area contributed by atoms with E-state index in [0.29, 0.717) is 41.4 Å². The molecule has 1 heterocycles. The summed E-state index contributed by atoms with van der Waals surface area (Å²) in [6, 6.07) is 97.4.